The van der Waals surface area contributed by atoms with Gasteiger partial charge in [0.05, 0.1) is 12.8 Å². The number of rotatable bonds is 2. The maximum Gasteiger partial charge on any atom is 0.251 e. The van der Waals surface area contributed by atoms with Crippen molar-refractivity contribution >= 4 is 24.0 Å². The van der Waals surface area contributed by atoms with Crippen LogP contribution in [0.2, 0.25) is 0 Å². The summed E-state index contributed by atoms with van der Waals surface area (Å²) in [6.45, 7) is 0. The number of nitrogens with one attached hydrogen (secondary N) is 1. The van der Waals surface area contributed by atoms with Crippen LogP contribution >= 0.6 is 12.4 Å². The molecule has 0 unspecified atom stereocenters. The standard InChI is InChI=1S/C9H12N2O2.ClH/c1-11-9(12)6-3-4-8(13-2)7(10)5-6;/h3-5H,10H2,1-2H3,(H,11,12);1H. The molecular weight excluding hydrogens is 204 g/mol. The summed E-state index contributed by atoms with van der Waals surface area (Å²) >= 11 is 0. The Morgan fingerprint density at radius 1 is 1.50 bits per heavy atom. The quantitative estimate of drug-likeness (QED) is 0.727. The van der Waals surface area contributed by atoms with Gasteiger partial charge in [-0.2, -0.15) is 0 Å². The second-order valence-corrected chi connectivity index (χ2v) is 2.54. The smallest absolute Gasteiger partial charge is 0.251 e. The first-order valence-corrected chi connectivity index (χ1v) is 3.84. The molecule has 1 aromatic rings. The molecule has 14 heavy (non-hydrogen) atoms. The minimum Gasteiger partial charge on any atom is -0.495 e. The third-order valence-corrected chi connectivity index (χ3v) is 1.72. The predicted molar refractivity (Wildman–Crippen MR) is 58.0 cm³/mol. The molecule has 4 nitrogen and oxygen atoms in total. The Bertz CT molecular complexity index is 329. The van der Waals surface area contributed by atoms with Crippen LogP contribution in [0.25, 0.3) is 0 Å². The molecule has 1 aromatic carbocycles. The van der Waals surface area contributed by atoms with Crippen LogP contribution < -0.4 is 15.8 Å². The van der Waals surface area contributed by atoms with Gasteiger partial charge in [0.25, 0.3) is 5.91 Å². The number of anilines is 1. The maximum absolute atomic E-state index is 11.2. The van der Waals surface area contributed by atoms with Crippen LogP contribution in [-0.2, 0) is 0 Å². The zero-order chi connectivity index (χ0) is 9.84. The first-order chi connectivity index (χ1) is 6.19. The fourth-order valence-electron chi connectivity index (χ4n) is 1.02. The summed E-state index contributed by atoms with van der Waals surface area (Å²) in [6.07, 6.45) is 0. The van der Waals surface area contributed by atoms with Crippen molar-refractivity contribution in [1.82, 2.24) is 5.32 Å². The zero-order valence-corrected chi connectivity index (χ0v) is 8.85. The molecule has 0 fully saturated rings. The number of hydrogen-bond donors (Lipinski definition) is 2. The van der Waals surface area contributed by atoms with Gasteiger partial charge < -0.3 is 15.8 Å². The Balaban J connectivity index is 0.00000169. The Kier molecular flexibility index (Phi) is 4.80. The third-order valence-electron chi connectivity index (χ3n) is 1.72. The number of carbonyl (C=O) groups is 1. The molecule has 5 heteroatoms. The van der Waals surface area contributed by atoms with Crippen molar-refractivity contribution in [2.24, 2.45) is 0 Å². The average molecular weight is 217 g/mol. The highest BCUT2D eigenvalue weighted by Crippen LogP contribution is 2.21. The molecule has 0 spiro atoms. The van der Waals surface area contributed by atoms with E-state index in [1.54, 1.807) is 25.2 Å². The van der Waals surface area contributed by atoms with E-state index in [-0.39, 0.29) is 18.3 Å². The first-order valence-electron chi connectivity index (χ1n) is 3.84. The van der Waals surface area contributed by atoms with Crippen molar-refractivity contribution in [3.05, 3.63) is 23.8 Å². The number of methoxy groups -OCH3 is 1. The molecule has 1 amide bonds. The van der Waals surface area contributed by atoms with Crippen molar-refractivity contribution in [2.75, 3.05) is 19.9 Å². The van der Waals surface area contributed by atoms with E-state index in [1.807, 2.05) is 0 Å². The van der Waals surface area contributed by atoms with Crippen LogP contribution in [0.3, 0.4) is 0 Å². The molecule has 0 bridgehead atoms. The highest BCUT2D eigenvalue weighted by molar-refractivity contribution is 5.95. The van der Waals surface area contributed by atoms with Gasteiger partial charge in [-0.1, -0.05) is 0 Å². The lowest BCUT2D eigenvalue weighted by Crippen LogP contribution is -2.17. The van der Waals surface area contributed by atoms with E-state index in [9.17, 15) is 4.79 Å². The average Bonchev–Trinajstić information content (AvgIpc) is 2.16. The first kappa shape index (κ1) is 12.6. The third kappa shape index (κ3) is 2.53. The fraction of sp³-hybridized carbons (Fsp3) is 0.222. The predicted octanol–water partition coefficient (Wildman–Crippen LogP) is 1.06. The second-order valence-electron chi connectivity index (χ2n) is 2.54. The monoisotopic (exact) mass is 216 g/mol. The summed E-state index contributed by atoms with van der Waals surface area (Å²) in [5.41, 5.74) is 6.61. The van der Waals surface area contributed by atoms with Crippen molar-refractivity contribution in [3.8, 4) is 5.75 Å². The zero-order valence-electron chi connectivity index (χ0n) is 8.03. The van der Waals surface area contributed by atoms with Gasteiger partial charge >= 0.3 is 0 Å². The SMILES string of the molecule is CNC(=O)c1ccc(OC)c(N)c1.Cl. The van der Waals surface area contributed by atoms with E-state index in [0.29, 0.717) is 17.0 Å². The van der Waals surface area contributed by atoms with Crippen LogP contribution in [0.5, 0.6) is 5.75 Å². The summed E-state index contributed by atoms with van der Waals surface area (Å²) in [5.74, 6) is 0.419. The second kappa shape index (κ2) is 5.34. The lowest BCUT2D eigenvalue weighted by atomic mass is 10.2. The number of halogens is 1. The minimum absolute atomic E-state index is 0. The molecule has 0 aliphatic heterocycles. The van der Waals surface area contributed by atoms with Crippen molar-refractivity contribution < 1.29 is 9.53 Å². The molecule has 0 atom stereocenters. The van der Waals surface area contributed by atoms with Gasteiger partial charge in [-0.25, -0.2) is 0 Å². The fourth-order valence-corrected chi connectivity index (χ4v) is 1.02. The molecule has 0 aliphatic carbocycles. The van der Waals surface area contributed by atoms with E-state index < -0.39 is 0 Å². The Hall–Kier alpha value is -1.42. The molecule has 1 rings (SSSR count). The lowest BCUT2D eigenvalue weighted by Gasteiger charge is -2.05. The number of nitrogens with two attached hydrogens (primary N) is 1. The molecule has 0 aromatic heterocycles. The maximum atomic E-state index is 11.2. The number of benzene rings is 1. The van der Waals surface area contributed by atoms with E-state index in [2.05, 4.69) is 5.32 Å². The van der Waals surface area contributed by atoms with Gasteiger partial charge in [-0.3, -0.25) is 4.79 Å². The summed E-state index contributed by atoms with van der Waals surface area (Å²) in [4.78, 5) is 11.2. The molecule has 0 heterocycles. The van der Waals surface area contributed by atoms with Gasteiger partial charge in [-0.15, -0.1) is 12.4 Å². The van der Waals surface area contributed by atoms with Gasteiger partial charge in [0, 0.05) is 12.6 Å². The van der Waals surface area contributed by atoms with Gasteiger partial charge in [0.15, 0.2) is 0 Å². The van der Waals surface area contributed by atoms with E-state index >= 15 is 0 Å². The van der Waals surface area contributed by atoms with Crippen molar-refractivity contribution in [2.45, 2.75) is 0 Å². The van der Waals surface area contributed by atoms with Crippen LogP contribution in [-0.4, -0.2) is 20.1 Å². The topological polar surface area (TPSA) is 64.3 Å². The Morgan fingerprint density at radius 3 is 2.57 bits per heavy atom. The molecule has 3 N–H and O–H groups in total. The van der Waals surface area contributed by atoms with Gasteiger partial charge in [0.2, 0.25) is 0 Å². The number of hydrogen-bond acceptors (Lipinski definition) is 3. The van der Waals surface area contributed by atoms with Gasteiger partial charge in [-0.05, 0) is 18.2 Å². The molecule has 0 radical (unpaired) electrons. The normalized spacial score (nSPS) is 8.71. The Labute approximate surface area is 88.8 Å². The summed E-state index contributed by atoms with van der Waals surface area (Å²) in [5, 5.41) is 2.51. The van der Waals surface area contributed by atoms with Crippen LogP contribution in [0.15, 0.2) is 18.2 Å². The lowest BCUT2D eigenvalue weighted by molar-refractivity contribution is 0.0963. The molecule has 0 saturated carbocycles. The van der Waals surface area contributed by atoms with Crippen molar-refractivity contribution in [3.63, 3.8) is 0 Å². The van der Waals surface area contributed by atoms with Crippen LogP contribution in [0, 0.1) is 0 Å². The molecule has 78 valence electrons. The molecule has 0 aliphatic rings. The summed E-state index contributed by atoms with van der Waals surface area (Å²) < 4.78 is 4.96. The summed E-state index contributed by atoms with van der Waals surface area (Å²) in [7, 11) is 3.11. The minimum atomic E-state index is -0.158. The number of ether oxygens (including phenoxy) is 1. The number of amides is 1. The van der Waals surface area contributed by atoms with Crippen molar-refractivity contribution in [1.29, 1.82) is 0 Å². The Morgan fingerprint density at radius 2 is 2.14 bits per heavy atom. The summed E-state index contributed by atoms with van der Waals surface area (Å²) in [6, 6.07) is 4.91. The largest absolute Gasteiger partial charge is 0.495 e. The van der Waals surface area contributed by atoms with E-state index in [1.165, 1.54) is 7.11 Å². The van der Waals surface area contributed by atoms with Crippen LogP contribution in [0.4, 0.5) is 5.69 Å². The number of nitrogen functional groups attached to an aromatic ring is 1. The van der Waals surface area contributed by atoms with E-state index in [4.69, 9.17) is 10.5 Å². The highest BCUT2D eigenvalue weighted by Gasteiger charge is 2.05. The number of carbonyl (C=O) groups excluding carboxylic acids is 1. The van der Waals surface area contributed by atoms with Gasteiger partial charge in [0.1, 0.15) is 5.75 Å². The molecule has 0 saturated heterocycles. The van der Waals surface area contributed by atoms with E-state index in [0.717, 1.165) is 0 Å². The molecular formula is C9H13ClN2O2. The highest BCUT2D eigenvalue weighted by atomic mass is 35.5. The van der Waals surface area contributed by atoms with Crippen LogP contribution in [0.1, 0.15) is 10.4 Å².